The van der Waals surface area contributed by atoms with Crippen molar-refractivity contribution in [3.63, 3.8) is 0 Å². The zero-order chi connectivity index (χ0) is 13.5. The molecule has 0 N–H and O–H groups in total. The van der Waals surface area contributed by atoms with E-state index in [2.05, 4.69) is 0 Å². The molecule has 1 rings (SSSR count). The Balaban J connectivity index is 2.85. The number of hydrogen-bond donors (Lipinski definition) is 0. The third kappa shape index (κ3) is 4.59. The molecule has 0 aliphatic rings. The van der Waals surface area contributed by atoms with Gasteiger partial charge in [-0.25, -0.2) is 0 Å². The Morgan fingerprint density at radius 3 is 1.89 bits per heavy atom. The van der Waals surface area contributed by atoms with Crippen molar-refractivity contribution in [2.24, 2.45) is 0 Å². The molecule has 1 aromatic rings. The molecule has 0 saturated heterocycles. The fourth-order valence-electron chi connectivity index (χ4n) is 0.903. The Morgan fingerprint density at radius 2 is 1.50 bits per heavy atom. The van der Waals surface area contributed by atoms with Gasteiger partial charge in [-0.2, -0.15) is 0 Å². The summed E-state index contributed by atoms with van der Waals surface area (Å²) in [6.45, 7) is 3.31. The summed E-state index contributed by atoms with van der Waals surface area (Å²) >= 11 is -2.82. The topological polar surface area (TPSA) is 52.6 Å². The zero-order valence-corrected chi connectivity index (χ0v) is 12.3. The third-order valence-corrected chi connectivity index (χ3v) is 5.39. The van der Waals surface area contributed by atoms with Crippen LogP contribution in [0.2, 0.25) is 0 Å². The second-order valence-corrected chi connectivity index (χ2v) is 6.63. The van der Waals surface area contributed by atoms with Crippen molar-refractivity contribution < 1.29 is 20.1 Å². The zero-order valence-electron chi connectivity index (χ0n) is 10.1. The van der Waals surface area contributed by atoms with Gasteiger partial charge in [0, 0.05) is 0 Å². The molecular weight excluding hydrogens is 354 g/mol. The second kappa shape index (κ2) is 7.30. The molecule has 0 fully saturated rings. The number of halogens is 2. The van der Waals surface area contributed by atoms with Gasteiger partial charge < -0.3 is 0 Å². The monoisotopic (exact) mass is 368 g/mol. The molecule has 0 heterocycles. The van der Waals surface area contributed by atoms with Crippen LogP contribution in [0, 0.1) is 9.39 Å². The molecule has 4 nitrogen and oxygen atoms in total. The van der Waals surface area contributed by atoms with E-state index in [9.17, 15) is 14.0 Å². The Kier molecular flexibility index (Phi) is 6.03. The third-order valence-electron chi connectivity index (χ3n) is 1.87. The van der Waals surface area contributed by atoms with Gasteiger partial charge in [0.2, 0.25) is 0 Å². The summed E-state index contributed by atoms with van der Waals surface area (Å²) in [6, 6.07) is 5.46. The minimum absolute atomic E-state index is 0.207. The standard InChI is InChI=1S/C12H14FIO4/c1-3-11(15)17-14(18-12(16)4-2)10-7-5-9(13)6-8-10/h5-8H,3-4H2,1-2H3. The van der Waals surface area contributed by atoms with Crippen molar-refractivity contribution in [2.45, 2.75) is 26.7 Å². The van der Waals surface area contributed by atoms with E-state index in [0.717, 1.165) is 0 Å². The molecule has 0 saturated carbocycles. The average Bonchev–Trinajstić information content (AvgIpc) is 2.38. The van der Waals surface area contributed by atoms with E-state index in [1.54, 1.807) is 13.8 Å². The van der Waals surface area contributed by atoms with E-state index in [-0.39, 0.29) is 12.8 Å². The predicted octanol–water partition coefficient (Wildman–Crippen LogP) is 3.24. The molecule has 0 radical (unpaired) electrons. The van der Waals surface area contributed by atoms with Gasteiger partial charge in [0.05, 0.1) is 0 Å². The molecule has 6 heteroatoms. The summed E-state index contributed by atoms with van der Waals surface area (Å²) in [5.41, 5.74) is 0. The van der Waals surface area contributed by atoms with Crippen molar-refractivity contribution in [1.29, 1.82) is 0 Å². The van der Waals surface area contributed by atoms with Crippen LogP contribution in [0.15, 0.2) is 24.3 Å². The Morgan fingerprint density at radius 1 is 1.06 bits per heavy atom. The van der Waals surface area contributed by atoms with Crippen LogP contribution in [-0.2, 0) is 15.7 Å². The van der Waals surface area contributed by atoms with Gasteiger partial charge in [-0.1, -0.05) is 0 Å². The minimum atomic E-state index is -2.82. The van der Waals surface area contributed by atoms with E-state index in [1.165, 1.54) is 24.3 Å². The summed E-state index contributed by atoms with van der Waals surface area (Å²) in [5.74, 6) is -1.24. The van der Waals surface area contributed by atoms with Gasteiger partial charge in [-0.05, 0) is 0 Å². The summed E-state index contributed by atoms with van der Waals surface area (Å²) in [4.78, 5) is 22.6. The molecule has 1 aromatic carbocycles. The number of carbonyl (C=O) groups excluding carboxylic acids is 2. The molecule has 0 unspecified atom stereocenters. The van der Waals surface area contributed by atoms with Crippen LogP contribution in [0.5, 0.6) is 0 Å². The van der Waals surface area contributed by atoms with Crippen LogP contribution in [-0.4, -0.2) is 11.9 Å². The Bertz CT molecular complexity index is 401. The number of hydrogen-bond acceptors (Lipinski definition) is 4. The molecule has 0 bridgehead atoms. The van der Waals surface area contributed by atoms with Gasteiger partial charge in [0.25, 0.3) is 0 Å². The molecule has 18 heavy (non-hydrogen) atoms. The maximum absolute atomic E-state index is 12.8. The van der Waals surface area contributed by atoms with Gasteiger partial charge in [0.1, 0.15) is 0 Å². The molecule has 0 atom stereocenters. The van der Waals surface area contributed by atoms with Crippen LogP contribution in [0.4, 0.5) is 4.39 Å². The van der Waals surface area contributed by atoms with E-state index in [1.807, 2.05) is 0 Å². The van der Waals surface area contributed by atoms with Crippen LogP contribution in [0.25, 0.3) is 0 Å². The van der Waals surface area contributed by atoms with E-state index in [4.69, 9.17) is 6.13 Å². The molecule has 0 aliphatic carbocycles. The van der Waals surface area contributed by atoms with Crippen LogP contribution in [0.3, 0.4) is 0 Å². The quantitative estimate of drug-likeness (QED) is 0.749. The average molecular weight is 368 g/mol. The first-order valence-corrected chi connectivity index (χ1v) is 8.29. The first kappa shape index (κ1) is 14.9. The van der Waals surface area contributed by atoms with Gasteiger partial charge in [0.15, 0.2) is 0 Å². The van der Waals surface area contributed by atoms with Crippen molar-refractivity contribution in [3.05, 3.63) is 33.7 Å². The van der Waals surface area contributed by atoms with E-state index in [0.29, 0.717) is 3.57 Å². The van der Waals surface area contributed by atoms with Crippen LogP contribution < -0.4 is 0 Å². The molecule has 0 aliphatic heterocycles. The van der Waals surface area contributed by atoms with Crippen LogP contribution >= 0.6 is 20.6 Å². The molecule has 100 valence electrons. The van der Waals surface area contributed by atoms with Gasteiger partial charge in [-0.15, -0.1) is 0 Å². The fourth-order valence-corrected chi connectivity index (χ4v) is 3.96. The molecule has 0 amide bonds. The van der Waals surface area contributed by atoms with Crippen molar-refractivity contribution in [3.8, 4) is 0 Å². The first-order valence-electron chi connectivity index (χ1n) is 5.45. The number of rotatable bonds is 5. The molecule has 0 aromatic heterocycles. The summed E-state index contributed by atoms with van der Waals surface area (Å²) in [6.07, 6.45) is 0.414. The van der Waals surface area contributed by atoms with Gasteiger partial charge in [-0.3, -0.25) is 0 Å². The summed E-state index contributed by atoms with van der Waals surface area (Å²) in [7, 11) is 0. The first-order chi connectivity index (χ1) is 8.56. The number of carbonyl (C=O) groups is 2. The maximum atomic E-state index is 12.8. The molecular formula is C12H14FIO4. The normalized spacial score (nSPS) is 10.7. The van der Waals surface area contributed by atoms with E-state index < -0.39 is 38.4 Å². The SMILES string of the molecule is CCC(=O)OI(OC(=O)CC)c1ccc(F)cc1. The van der Waals surface area contributed by atoms with Crippen molar-refractivity contribution >= 4 is 32.6 Å². The van der Waals surface area contributed by atoms with Crippen molar-refractivity contribution in [2.75, 3.05) is 0 Å². The number of benzene rings is 1. The van der Waals surface area contributed by atoms with Gasteiger partial charge >= 0.3 is 113 Å². The second-order valence-electron chi connectivity index (χ2n) is 3.26. The molecule has 0 spiro atoms. The van der Waals surface area contributed by atoms with Crippen LogP contribution in [0.1, 0.15) is 26.7 Å². The van der Waals surface area contributed by atoms with E-state index >= 15 is 0 Å². The Labute approximate surface area is 113 Å². The summed E-state index contributed by atoms with van der Waals surface area (Å²) in [5, 5.41) is 0. The fraction of sp³-hybridized carbons (Fsp3) is 0.333. The summed E-state index contributed by atoms with van der Waals surface area (Å²) < 4.78 is 23.7. The Hall–Kier alpha value is -1.18. The predicted molar refractivity (Wildman–Crippen MR) is 71.9 cm³/mol. The van der Waals surface area contributed by atoms with Crippen molar-refractivity contribution in [1.82, 2.24) is 0 Å².